The average Bonchev–Trinajstić information content (AvgIpc) is 2.46. The maximum absolute atomic E-state index is 12.4. The smallest absolute Gasteiger partial charge is 0.254 e. The molecule has 0 fully saturated rings. The second-order valence-corrected chi connectivity index (χ2v) is 4.96. The van der Waals surface area contributed by atoms with E-state index in [-0.39, 0.29) is 5.91 Å². The molecule has 2 aromatic rings. The number of hydrogen-bond acceptors (Lipinski definition) is 2. The molecule has 0 bridgehead atoms. The van der Waals surface area contributed by atoms with Crippen molar-refractivity contribution in [3.8, 4) is 0 Å². The summed E-state index contributed by atoms with van der Waals surface area (Å²) in [5.74, 6) is -0.0209. The van der Waals surface area contributed by atoms with Crippen LogP contribution in [0.3, 0.4) is 0 Å². The third kappa shape index (κ3) is 3.31. The minimum absolute atomic E-state index is 0.0209. The Morgan fingerprint density at radius 2 is 1.80 bits per heavy atom. The Kier molecular flexibility index (Phi) is 4.64. The van der Waals surface area contributed by atoms with E-state index in [1.807, 2.05) is 31.2 Å². The molecule has 0 atom stereocenters. The Labute approximate surface area is 124 Å². The van der Waals surface area contributed by atoms with Gasteiger partial charge < -0.3 is 10.6 Å². The summed E-state index contributed by atoms with van der Waals surface area (Å²) < 4.78 is 0. The van der Waals surface area contributed by atoms with E-state index in [2.05, 4.69) is 0 Å². The molecular formula is C16H17ClN2O. The van der Waals surface area contributed by atoms with Crippen LogP contribution in [0.4, 0.5) is 5.69 Å². The number of nitrogens with two attached hydrogens (primary N) is 1. The van der Waals surface area contributed by atoms with Crippen LogP contribution in [0.5, 0.6) is 0 Å². The summed E-state index contributed by atoms with van der Waals surface area (Å²) in [4.78, 5) is 14.2. The predicted octanol–water partition coefficient (Wildman–Crippen LogP) is 3.58. The molecule has 0 aliphatic heterocycles. The first-order valence-electron chi connectivity index (χ1n) is 6.50. The number of carbonyl (C=O) groups is 1. The van der Waals surface area contributed by atoms with Gasteiger partial charge in [0.05, 0.1) is 0 Å². The summed E-state index contributed by atoms with van der Waals surface area (Å²) in [5, 5.41) is 0.622. The van der Waals surface area contributed by atoms with Crippen molar-refractivity contribution >= 4 is 23.2 Å². The van der Waals surface area contributed by atoms with Crippen LogP contribution in [0.15, 0.2) is 48.5 Å². The Morgan fingerprint density at radius 1 is 1.15 bits per heavy atom. The Hall–Kier alpha value is -2.00. The number of rotatable bonds is 4. The summed E-state index contributed by atoms with van der Waals surface area (Å²) in [6.07, 6.45) is 0. The standard InChI is InChI=1S/C16H17ClN2O/c1-2-19(11-13-5-3-4-6-15(13)18)16(20)12-7-9-14(17)10-8-12/h3-10H,2,11,18H2,1H3. The van der Waals surface area contributed by atoms with Gasteiger partial charge in [-0.25, -0.2) is 0 Å². The zero-order valence-corrected chi connectivity index (χ0v) is 12.1. The SMILES string of the molecule is CCN(Cc1ccccc1N)C(=O)c1ccc(Cl)cc1. The Morgan fingerprint density at radius 3 is 2.40 bits per heavy atom. The molecule has 2 aromatic carbocycles. The molecule has 2 rings (SSSR count). The minimum Gasteiger partial charge on any atom is -0.398 e. The summed E-state index contributed by atoms with van der Waals surface area (Å²) in [7, 11) is 0. The highest BCUT2D eigenvalue weighted by Crippen LogP contribution is 2.16. The fourth-order valence-electron chi connectivity index (χ4n) is 1.99. The zero-order valence-electron chi connectivity index (χ0n) is 11.3. The maximum Gasteiger partial charge on any atom is 0.254 e. The number of anilines is 1. The molecule has 4 heteroatoms. The topological polar surface area (TPSA) is 46.3 Å². The van der Waals surface area contributed by atoms with E-state index in [4.69, 9.17) is 17.3 Å². The van der Waals surface area contributed by atoms with Gasteiger partial charge >= 0.3 is 0 Å². The number of halogens is 1. The van der Waals surface area contributed by atoms with Gasteiger partial charge in [-0.2, -0.15) is 0 Å². The second kappa shape index (κ2) is 6.44. The molecule has 0 radical (unpaired) electrons. The monoisotopic (exact) mass is 288 g/mol. The highest BCUT2D eigenvalue weighted by atomic mass is 35.5. The highest BCUT2D eigenvalue weighted by molar-refractivity contribution is 6.30. The lowest BCUT2D eigenvalue weighted by molar-refractivity contribution is 0.0753. The number of nitrogens with zero attached hydrogens (tertiary/aromatic N) is 1. The van der Waals surface area contributed by atoms with E-state index < -0.39 is 0 Å². The number of amides is 1. The molecule has 0 aliphatic rings. The van der Waals surface area contributed by atoms with E-state index in [1.54, 1.807) is 29.2 Å². The molecule has 2 N–H and O–H groups in total. The number of carbonyl (C=O) groups excluding carboxylic acids is 1. The lowest BCUT2D eigenvalue weighted by Gasteiger charge is -2.22. The van der Waals surface area contributed by atoms with Gasteiger partial charge in [-0.1, -0.05) is 29.8 Å². The van der Waals surface area contributed by atoms with Crippen molar-refractivity contribution in [3.63, 3.8) is 0 Å². The molecule has 0 aliphatic carbocycles. The van der Waals surface area contributed by atoms with Crippen molar-refractivity contribution in [1.29, 1.82) is 0 Å². The molecule has 0 unspecified atom stereocenters. The third-order valence-electron chi connectivity index (χ3n) is 3.18. The van der Waals surface area contributed by atoms with Crippen LogP contribution < -0.4 is 5.73 Å². The van der Waals surface area contributed by atoms with Crippen molar-refractivity contribution in [2.75, 3.05) is 12.3 Å². The molecule has 0 aromatic heterocycles. The van der Waals surface area contributed by atoms with Crippen molar-refractivity contribution < 1.29 is 4.79 Å². The molecule has 1 amide bonds. The summed E-state index contributed by atoms with van der Waals surface area (Å²) in [6.45, 7) is 3.08. The van der Waals surface area contributed by atoms with Crippen LogP contribution >= 0.6 is 11.6 Å². The summed E-state index contributed by atoms with van der Waals surface area (Å²) >= 11 is 5.84. The van der Waals surface area contributed by atoms with Gasteiger partial charge in [0.15, 0.2) is 0 Å². The van der Waals surface area contributed by atoms with Crippen LogP contribution in [-0.4, -0.2) is 17.4 Å². The van der Waals surface area contributed by atoms with Crippen LogP contribution in [0.1, 0.15) is 22.8 Å². The molecule has 104 valence electrons. The number of para-hydroxylation sites is 1. The normalized spacial score (nSPS) is 10.3. The predicted molar refractivity (Wildman–Crippen MR) is 82.7 cm³/mol. The van der Waals surface area contributed by atoms with Gasteiger partial charge in [0, 0.05) is 29.4 Å². The fraction of sp³-hybridized carbons (Fsp3) is 0.188. The van der Waals surface area contributed by atoms with E-state index in [0.29, 0.717) is 29.4 Å². The molecule has 0 saturated heterocycles. The Balaban J connectivity index is 2.18. The van der Waals surface area contributed by atoms with Gasteiger partial charge in [-0.15, -0.1) is 0 Å². The van der Waals surface area contributed by atoms with Crippen LogP contribution in [-0.2, 0) is 6.54 Å². The van der Waals surface area contributed by atoms with Crippen molar-refractivity contribution in [2.24, 2.45) is 0 Å². The van der Waals surface area contributed by atoms with Gasteiger partial charge in [0.25, 0.3) is 5.91 Å². The quantitative estimate of drug-likeness (QED) is 0.874. The molecule has 0 heterocycles. The second-order valence-electron chi connectivity index (χ2n) is 4.53. The molecule has 0 spiro atoms. The number of hydrogen-bond donors (Lipinski definition) is 1. The number of benzene rings is 2. The lowest BCUT2D eigenvalue weighted by Crippen LogP contribution is -2.30. The summed E-state index contributed by atoms with van der Waals surface area (Å²) in [5.41, 5.74) is 8.22. The van der Waals surface area contributed by atoms with Gasteiger partial charge in [0.1, 0.15) is 0 Å². The van der Waals surface area contributed by atoms with E-state index >= 15 is 0 Å². The zero-order chi connectivity index (χ0) is 14.5. The van der Waals surface area contributed by atoms with Crippen LogP contribution in [0.25, 0.3) is 0 Å². The number of nitrogen functional groups attached to an aromatic ring is 1. The van der Waals surface area contributed by atoms with E-state index in [1.165, 1.54) is 0 Å². The maximum atomic E-state index is 12.4. The Bertz CT molecular complexity index is 596. The van der Waals surface area contributed by atoms with Crippen molar-refractivity contribution in [3.05, 3.63) is 64.7 Å². The minimum atomic E-state index is -0.0209. The molecule has 3 nitrogen and oxygen atoms in total. The molecular weight excluding hydrogens is 272 g/mol. The van der Waals surface area contributed by atoms with Crippen molar-refractivity contribution in [2.45, 2.75) is 13.5 Å². The van der Waals surface area contributed by atoms with Gasteiger partial charge in [0.2, 0.25) is 0 Å². The first-order chi connectivity index (χ1) is 9.61. The molecule has 20 heavy (non-hydrogen) atoms. The summed E-state index contributed by atoms with van der Waals surface area (Å²) in [6, 6.07) is 14.5. The fourth-order valence-corrected chi connectivity index (χ4v) is 2.11. The van der Waals surface area contributed by atoms with E-state index in [9.17, 15) is 4.79 Å². The van der Waals surface area contributed by atoms with Crippen molar-refractivity contribution in [1.82, 2.24) is 4.90 Å². The first-order valence-corrected chi connectivity index (χ1v) is 6.88. The molecule has 0 saturated carbocycles. The van der Waals surface area contributed by atoms with Gasteiger partial charge in [-0.3, -0.25) is 4.79 Å². The first kappa shape index (κ1) is 14.4. The van der Waals surface area contributed by atoms with Crippen LogP contribution in [0.2, 0.25) is 5.02 Å². The van der Waals surface area contributed by atoms with Gasteiger partial charge in [-0.05, 0) is 42.8 Å². The average molecular weight is 289 g/mol. The highest BCUT2D eigenvalue weighted by Gasteiger charge is 2.15. The van der Waals surface area contributed by atoms with Crippen LogP contribution in [0, 0.1) is 0 Å². The third-order valence-corrected chi connectivity index (χ3v) is 3.43. The lowest BCUT2D eigenvalue weighted by atomic mass is 10.1. The van der Waals surface area contributed by atoms with E-state index in [0.717, 1.165) is 5.56 Å². The largest absolute Gasteiger partial charge is 0.398 e.